The van der Waals surface area contributed by atoms with Gasteiger partial charge in [-0.15, -0.1) is 0 Å². The third-order valence-electron chi connectivity index (χ3n) is 3.66. The van der Waals surface area contributed by atoms with Crippen LogP contribution in [0, 0.1) is 17.8 Å². The maximum Gasteiger partial charge on any atom is 0.347 e. The van der Waals surface area contributed by atoms with Crippen LogP contribution in [-0.2, 0) is 0 Å². The molecular formula is C12H16N2O2S. The van der Waals surface area contributed by atoms with Gasteiger partial charge in [-0.3, -0.25) is 0 Å². The molecule has 5 heteroatoms. The van der Waals surface area contributed by atoms with Gasteiger partial charge in [0.1, 0.15) is 4.88 Å². The summed E-state index contributed by atoms with van der Waals surface area (Å²) in [7, 11) is 0. The van der Waals surface area contributed by atoms with Crippen LogP contribution in [0.5, 0.6) is 0 Å². The number of thiazole rings is 1. The van der Waals surface area contributed by atoms with Crippen molar-refractivity contribution in [2.45, 2.75) is 25.7 Å². The Morgan fingerprint density at radius 2 is 2.12 bits per heavy atom. The van der Waals surface area contributed by atoms with E-state index in [1.54, 1.807) is 0 Å². The number of hydrogen-bond donors (Lipinski definition) is 2. The van der Waals surface area contributed by atoms with Gasteiger partial charge < -0.3 is 10.4 Å². The van der Waals surface area contributed by atoms with Gasteiger partial charge in [-0.05, 0) is 43.4 Å². The normalized spacial score (nSPS) is 19.6. The Morgan fingerprint density at radius 1 is 1.47 bits per heavy atom. The molecule has 1 aromatic heterocycles. The van der Waals surface area contributed by atoms with Crippen LogP contribution in [0.2, 0.25) is 0 Å². The van der Waals surface area contributed by atoms with Crippen molar-refractivity contribution in [1.82, 2.24) is 4.98 Å². The minimum atomic E-state index is -0.892. The topological polar surface area (TPSA) is 62.2 Å². The largest absolute Gasteiger partial charge is 0.477 e. The van der Waals surface area contributed by atoms with E-state index in [1.807, 2.05) is 0 Å². The van der Waals surface area contributed by atoms with Crippen molar-refractivity contribution in [3.05, 3.63) is 11.1 Å². The summed E-state index contributed by atoms with van der Waals surface area (Å²) in [6.45, 7) is 0.960. The first-order valence-electron chi connectivity index (χ1n) is 6.17. The molecule has 4 nitrogen and oxygen atoms in total. The molecule has 2 saturated carbocycles. The van der Waals surface area contributed by atoms with Gasteiger partial charge in [-0.1, -0.05) is 11.3 Å². The number of aromatic nitrogens is 1. The van der Waals surface area contributed by atoms with E-state index < -0.39 is 5.97 Å². The molecule has 0 aliphatic heterocycles. The third kappa shape index (κ3) is 2.60. The highest BCUT2D eigenvalue weighted by molar-refractivity contribution is 7.17. The van der Waals surface area contributed by atoms with E-state index in [1.165, 1.54) is 43.2 Å². The van der Waals surface area contributed by atoms with Crippen molar-refractivity contribution in [3.8, 4) is 0 Å². The Kier molecular flexibility index (Phi) is 2.78. The summed E-state index contributed by atoms with van der Waals surface area (Å²) in [5.74, 6) is 1.71. The van der Waals surface area contributed by atoms with Crippen LogP contribution >= 0.6 is 11.3 Å². The number of carboxylic acid groups (broad SMARTS) is 1. The highest BCUT2D eigenvalue weighted by Gasteiger charge is 2.41. The van der Waals surface area contributed by atoms with E-state index in [2.05, 4.69) is 10.3 Å². The number of hydrogen-bond acceptors (Lipinski definition) is 4. The van der Waals surface area contributed by atoms with Gasteiger partial charge in [0.25, 0.3) is 0 Å². The smallest absolute Gasteiger partial charge is 0.347 e. The Hall–Kier alpha value is -1.10. The van der Waals surface area contributed by atoms with Crippen molar-refractivity contribution in [1.29, 1.82) is 0 Å². The van der Waals surface area contributed by atoms with Crippen LogP contribution < -0.4 is 5.32 Å². The molecule has 2 fully saturated rings. The first kappa shape index (κ1) is 11.0. The summed E-state index contributed by atoms with van der Waals surface area (Å²) in [4.78, 5) is 15.1. The number of anilines is 1. The maximum atomic E-state index is 10.7. The molecule has 0 aromatic carbocycles. The zero-order chi connectivity index (χ0) is 11.8. The van der Waals surface area contributed by atoms with E-state index >= 15 is 0 Å². The average molecular weight is 252 g/mol. The fraction of sp³-hybridized carbons (Fsp3) is 0.667. The standard InChI is InChI=1S/C12H16N2O2S/c15-11(16)10-6-14-12(17-10)13-5-9(7-1-2-7)8-3-4-8/h6-9H,1-5H2,(H,13,14)(H,15,16). The molecule has 2 N–H and O–H groups in total. The Balaban J connectivity index is 1.56. The summed E-state index contributed by atoms with van der Waals surface area (Å²) >= 11 is 1.23. The van der Waals surface area contributed by atoms with Crippen LogP contribution in [0.4, 0.5) is 5.13 Å². The molecule has 1 heterocycles. The fourth-order valence-electron chi connectivity index (χ4n) is 2.43. The summed E-state index contributed by atoms with van der Waals surface area (Å²) < 4.78 is 0. The molecule has 3 rings (SSSR count). The second-order valence-corrected chi connectivity index (χ2v) is 6.09. The molecule has 0 atom stereocenters. The quantitative estimate of drug-likeness (QED) is 0.817. The molecule has 0 unspecified atom stereocenters. The van der Waals surface area contributed by atoms with E-state index in [-0.39, 0.29) is 0 Å². The molecule has 2 aliphatic rings. The first-order chi connectivity index (χ1) is 8.24. The van der Waals surface area contributed by atoms with Gasteiger partial charge in [-0.2, -0.15) is 0 Å². The van der Waals surface area contributed by atoms with Crippen LogP contribution in [-0.4, -0.2) is 22.6 Å². The van der Waals surface area contributed by atoms with Crippen LogP contribution in [0.3, 0.4) is 0 Å². The second-order valence-electron chi connectivity index (χ2n) is 5.05. The molecule has 0 radical (unpaired) electrons. The molecule has 0 bridgehead atoms. The molecule has 0 amide bonds. The second kappa shape index (κ2) is 4.29. The minimum absolute atomic E-state index is 0.307. The van der Waals surface area contributed by atoms with E-state index in [0.29, 0.717) is 4.88 Å². The lowest BCUT2D eigenvalue weighted by Gasteiger charge is -2.15. The highest BCUT2D eigenvalue weighted by Crippen LogP contribution is 2.49. The first-order valence-corrected chi connectivity index (χ1v) is 6.98. The number of rotatable bonds is 6. The highest BCUT2D eigenvalue weighted by atomic mass is 32.1. The molecule has 92 valence electrons. The van der Waals surface area contributed by atoms with E-state index in [9.17, 15) is 4.79 Å². The molecule has 0 saturated heterocycles. The molecule has 0 spiro atoms. The molecule has 1 aromatic rings. The Labute approximate surface area is 104 Å². The van der Waals surface area contributed by atoms with Gasteiger partial charge in [0.15, 0.2) is 5.13 Å². The van der Waals surface area contributed by atoms with Crippen molar-refractivity contribution < 1.29 is 9.90 Å². The van der Waals surface area contributed by atoms with Crippen LogP contribution in [0.25, 0.3) is 0 Å². The number of carboxylic acids is 1. The number of aromatic carboxylic acids is 1. The van der Waals surface area contributed by atoms with Gasteiger partial charge in [0.2, 0.25) is 0 Å². The maximum absolute atomic E-state index is 10.7. The van der Waals surface area contributed by atoms with Crippen molar-refractivity contribution in [3.63, 3.8) is 0 Å². The number of nitrogens with zero attached hydrogens (tertiary/aromatic N) is 1. The third-order valence-corrected chi connectivity index (χ3v) is 4.60. The molecular weight excluding hydrogens is 236 g/mol. The zero-order valence-corrected chi connectivity index (χ0v) is 10.4. The van der Waals surface area contributed by atoms with Crippen LogP contribution in [0.15, 0.2) is 6.20 Å². The monoisotopic (exact) mass is 252 g/mol. The summed E-state index contributed by atoms with van der Waals surface area (Å²) in [6, 6.07) is 0. The molecule has 2 aliphatic carbocycles. The van der Waals surface area contributed by atoms with Gasteiger partial charge in [-0.25, -0.2) is 9.78 Å². The SMILES string of the molecule is O=C(O)c1cnc(NCC(C2CC2)C2CC2)s1. The van der Waals surface area contributed by atoms with Gasteiger partial charge in [0, 0.05) is 6.54 Å². The summed E-state index contributed by atoms with van der Waals surface area (Å²) in [5, 5.41) is 12.9. The van der Waals surface area contributed by atoms with E-state index in [4.69, 9.17) is 5.11 Å². The lowest BCUT2D eigenvalue weighted by Crippen LogP contribution is -2.18. The minimum Gasteiger partial charge on any atom is -0.477 e. The lowest BCUT2D eigenvalue weighted by molar-refractivity contribution is 0.0702. The number of nitrogens with one attached hydrogen (secondary N) is 1. The average Bonchev–Trinajstić information content (AvgIpc) is 3.20. The van der Waals surface area contributed by atoms with E-state index in [0.717, 1.165) is 29.4 Å². The van der Waals surface area contributed by atoms with Crippen molar-refractivity contribution in [2.75, 3.05) is 11.9 Å². The molecule has 17 heavy (non-hydrogen) atoms. The Bertz CT molecular complexity index is 412. The predicted molar refractivity (Wildman–Crippen MR) is 66.5 cm³/mol. The summed E-state index contributed by atoms with van der Waals surface area (Å²) in [6.07, 6.45) is 6.93. The fourth-order valence-corrected chi connectivity index (χ4v) is 3.09. The van der Waals surface area contributed by atoms with Gasteiger partial charge >= 0.3 is 5.97 Å². The lowest BCUT2D eigenvalue weighted by atomic mass is 9.98. The zero-order valence-electron chi connectivity index (χ0n) is 9.56. The van der Waals surface area contributed by atoms with Crippen LogP contribution in [0.1, 0.15) is 35.4 Å². The predicted octanol–water partition coefficient (Wildman–Crippen LogP) is 2.69. The number of carbonyl (C=O) groups is 1. The van der Waals surface area contributed by atoms with Crippen molar-refractivity contribution >= 4 is 22.4 Å². The van der Waals surface area contributed by atoms with Gasteiger partial charge in [0.05, 0.1) is 6.20 Å². The summed E-state index contributed by atoms with van der Waals surface area (Å²) in [5.41, 5.74) is 0. The Morgan fingerprint density at radius 3 is 2.59 bits per heavy atom. The van der Waals surface area contributed by atoms with Crippen molar-refractivity contribution in [2.24, 2.45) is 17.8 Å².